The van der Waals surface area contributed by atoms with E-state index in [4.69, 9.17) is 56.8 Å². The maximum atomic E-state index is 11.5. The van der Waals surface area contributed by atoms with Gasteiger partial charge in [0.25, 0.3) is 11.9 Å². The number of cyclic esters (lactones) is 3. The summed E-state index contributed by atoms with van der Waals surface area (Å²) in [5.74, 6) is 0.159. The van der Waals surface area contributed by atoms with Crippen LogP contribution in [0.25, 0.3) is 32.3 Å². The van der Waals surface area contributed by atoms with Crippen molar-refractivity contribution in [1.29, 1.82) is 0 Å². The Balaban J connectivity index is 0.000000287. The number of hydrogen-bond donors (Lipinski definition) is 2. The molecule has 6 aliphatic heterocycles. The number of rotatable bonds is 3. The number of benzene rings is 6. The second-order valence-corrected chi connectivity index (χ2v) is 31.7. The number of aliphatic hydroxyl groups is 1. The van der Waals surface area contributed by atoms with Gasteiger partial charge in [0.15, 0.2) is 29.7 Å². The molecular weight excluding hydrogens is 1930 g/mol. The van der Waals surface area contributed by atoms with Crippen molar-refractivity contribution in [2.45, 2.75) is 170 Å². The molecule has 0 amide bonds. The minimum absolute atomic E-state index is 0. The largest absolute Gasteiger partial charge is 0.517 e. The van der Waals surface area contributed by atoms with E-state index in [9.17, 15) is 39.0 Å². The van der Waals surface area contributed by atoms with E-state index in [2.05, 4.69) is 0 Å². The molecule has 6 heterocycles. The quantitative estimate of drug-likeness (QED) is 0.0948. The third-order valence-corrected chi connectivity index (χ3v) is 24.8. The fourth-order valence-corrected chi connectivity index (χ4v) is 20.6. The molecule has 26 heteroatoms. The number of hydrogen-bond acceptors (Lipinski definition) is 20. The minimum Gasteiger partial charge on any atom is -0.517 e. The number of phenolic OH excluding ortho intramolecular Hbond substituents is 1. The first-order valence-electron chi connectivity index (χ1n) is 37.2. The van der Waals surface area contributed by atoms with Gasteiger partial charge in [0.2, 0.25) is 28.9 Å². The summed E-state index contributed by atoms with van der Waals surface area (Å²) in [6.45, 7) is 9.72. The van der Waals surface area contributed by atoms with Gasteiger partial charge < -0.3 is 112 Å². The molecule has 12 bridgehead atoms. The van der Waals surface area contributed by atoms with E-state index < -0.39 is 40.3 Å². The van der Waals surface area contributed by atoms with E-state index in [0.717, 1.165) is 105 Å². The molecule has 24 rings (SSSR count). The van der Waals surface area contributed by atoms with Crippen LogP contribution in [0.2, 0.25) is 0 Å². The van der Waals surface area contributed by atoms with Crippen molar-refractivity contribution in [1.82, 2.24) is 0 Å². The van der Waals surface area contributed by atoms with Crippen LogP contribution >= 0.6 is 0 Å². The molecule has 0 aromatic heterocycles. The van der Waals surface area contributed by atoms with Crippen LogP contribution in [0.1, 0.15) is 147 Å². The number of carbonyl (C=O) groups excluding carboxylic acids is 6. The number of ether oxygens (including phenoxy) is 12. The Kier molecular flexibility index (Phi) is 40.7. The maximum Gasteiger partial charge on any atom is 0.280 e. The van der Waals surface area contributed by atoms with Gasteiger partial charge in [-0.3, -0.25) is 54.5 Å². The number of fused-ring (bicyclic) bond motifs is 3. The smallest absolute Gasteiger partial charge is 0.280 e. The Hall–Kier alpha value is -1.46. The molecular formula is C90H108O20Y6-12. The second kappa shape index (κ2) is 44.1. The summed E-state index contributed by atoms with van der Waals surface area (Å²) >= 11 is 0. The minimum atomic E-state index is -1.08. The van der Waals surface area contributed by atoms with Gasteiger partial charge in [-0.15, -0.1) is 0 Å². The molecule has 5 atom stereocenters. The predicted molar refractivity (Wildman–Crippen MR) is 412 cm³/mol. The number of aromatic hydroxyl groups is 1. The zero-order valence-corrected chi connectivity index (χ0v) is 85.4. The third-order valence-electron chi connectivity index (χ3n) is 24.8. The summed E-state index contributed by atoms with van der Waals surface area (Å²) < 4.78 is 67.0. The van der Waals surface area contributed by atoms with Crippen LogP contribution in [0.3, 0.4) is 0 Å². The zero-order valence-electron chi connectivity index (χ0n) is 68.4. The maximum absolute atomic E-state index is 11.5. The molecule has 3 spiro atoms. The van der Waals surface area contributed by atoms with Crippen molar-refractivity contribution < 1.29 is 292 Å². The average Bonchev–Trinajstić information content (AvgIpc) is 0.717. The summed E-state index contributed by atoms with van der Waals surface area (Å²) in [5, 5.41) is 26.4. The Morgan fingerprint density at radius 2 is 0.664 bits per heavy atom. The fourth-order valence-electron chi connectivity index (χ4n) is 20.6. The first-order valence-corrected chi connectivity index (χ1v) is 37.2. The normalized spacial score (nSPS) is 34.2. The molecule has 18 fully saturated rings. The van der Waals surface area contributed by atoms with Gasteiger partial charge in [-0.1, -0.05) is 130 Å². The van der Waals surface area contributed by atoms with Gasteiger partial charge in [0.05, 0.1) is 5.60 Å². The summed E-state index contributed by atoms with van der Waals surface area (Å²) in [6.07, 6.45) is 23.1. The summed E-state index contributed by atoms with van der Waals surface area (Å²) in [7, 11) is 0. The van der Waals surface area contributed by atoms with Crippen molar-refractivity contribution >= 4 is 68.1 Å². The molecule has 618 valence electrons. The van der Waals surface area contributed by atoms with Crippen LogP contribution in [0, 0.1) is 149 Å². The van der Waals surface area contributed by atoms with Gasteiger partial charge >= 0.3 is 0 Å². The fraction of sp³-hybridized carbons (Fsp3) is 0.467. The third kappa shape index (κ3) is 22.5. The van der Waals surface area contributed by atoms with E-state index in [1.165, 1.54) is 96.5 Å². The van der Waals surface area contributed by atoms with Gasteiger partial charge in [-0.2, -0.15) is 13.2 Å². The van der Waals surface area contributed by atoms with Gasteiger partial charge in [-0.25, -0.2) is 0 Å². The standard InChI is InChI=1S/C15H13O4.2C15H13O3.C13H17O4.2C13H17O3.6CH3.6Y/c1-15(18-7-6-14(17)19-15)12-4-2-10-3-5-13(16)9-11(10)8-12;2*1-15(17-9-8-14(16)18-15)13-7-6-11-4-2-3-5-12(11)10-13;14-11-1-2-16-13(17-11)9-3-8-4-10(13)7-12(15,5-8)6-9;2*14-12-1-2-15-13(16-12)10-4-8-3-9(6-10)7-11(13)5-8;;;;;;;;;;;;/h2-6,8-9,16H,7H2,1H3;2-7,9-10H,8H2,1H3;2-8,10H,9H2,1H3;1,8-10,15H,2-7H2;2,8-11H,1,3-7H2;1,8-11H,2-7H2;6*1H3;;;;;;/q12*-1;;;;;;. The Bertz CT molecular complexity index is 4070. The molecule has 12 aliphatic carbocycles. The first-order chi connectivity index (χ1) is 50.0. The molecule has 18 aliphatic rings. The molecule has 12 saturated carbocycles. The first kappa shape index (κ1) is 107. The van der Waals surface area contributed by atoms with Gasteiger partial charge in [0, 0.05) is 269 Å². The van der Waals surface area contributed by atoms with E-state index in [0.29, 0.717) is 49.2 Å². The van der Waals surface area contributed by atoms with E-state index in [1.54, 1.807) is 39.5 Å². The van der Waals surface area contributed by atoms with E-state index >= 15 is 0 Å². The molecule has 6 radical (unpaired) electrons. The van der Waals surface area contributed by atoms with E-state index in [1.807, 2.05) is 109 Å². The average molecular weight is 2040 g/mol. The molecule has 2 N–H and O–H groups in total. The van der Waals surface area contributed by atoms with Crippen molar-refractivity contribution in [2.24, 2.45) is 65.1 Å². The Morgan fingerprint density at radius 1 is 0.328 bits per heavy atom. The summed E-state index contributed by atoms with van der Waals surface area (Å²) in [6, 6.07) is 38.7. The number of carbonyl (C=O) groups is 6. The van der Waals surface area contributed by atoms with Crippen molar-refractivity contribution in [2.75, 3.05) is 26.4 Å². The summed E-state index contributed by atoms with van der Waals surface area (Å²) in [4.78, 5) is 68.7. The van der Waals surface area contributed by atoms with Gasteiger partial charge in [-0.05, 0) is 189 Å². The van der Waals surface area contributed by atoms with Crippen LogP contribution in [0.4, 0.5) is 0 Å². The molecule has 20 nitrogen and oxygen atoms in total. The number of phenols is 1. The van der Waals surface area contributed by atoms with Crippen LogP contribution < -0.4 is 0 Å². The molecule has 6 aromatic rings. The van der Waals surface area contributed by atoms with Crippen LogP contribution in [-0.2, 0) is 299 Å². The predicted octanol–water partition coefficient (Wildman–Crippen LogP) is 16.3. The van der Waals surface area contributed by atoms with Crippen molar-refractivity contribution in [3.63, 3.8) is 0 Å². The topological polar surface area (TPSA) is 254 Å². The van der Waals surface area contributed by atoms with Gasteiger partial charge in [0.1, 0.15) is 5.75 Å². The molecule has 6 aromatic carbocycles. The van der Waals surface area contributed by atoms with Crippen LogP contribution in [-0.4, -0.2) is 95.4 Å². The van der Waals surface area contributed by atoms with Crippen molar-refractivity contribution in [3.05, 3.63) is 221 Å². The summed E-state index contributed by atoms with van der Waals surface area (Å²) in [5.41, 5.74) is 1.92. The van der Waals surface area contributed by atoms with Crippen molar-refractivity contribution in [3.8, 4) is 5.75 Å². The zero-order chi connectivity index (χ0) is 71.8. The molecule has 116 heavy (non-hydrogen) atoms. The molecule has 6 saturated heterocycles. The van der Waals surface area contributed by atoms with Crippen LogP contribution in [0.5, 0.6) is 5.75 Å². The Morgan fingerprint density at radius 3 is 1.06 bits per heavy atom. The Labute approximate surface area is 838 Å². The second-order valence-electron chi connectivity index (χ2n) is 31.7. The van der Waals surface area contributed by atoms with E-state index in [-0.39, 0.29) is 314 Å². The number of esters is 6. The monoisotopic (exact) mass is 2040 g/mol. The van der Waals surface area contributed by atoms with Crippen LogP contribution in [0.15, 0.2) is 121 Å². The molecule has 5 unspecified atom stereocenters. The SMILES string of the molecule is CC1(c2ccc3ccc(O)cc3c2)OC[CH-]C(=O)O1.CC1(c2ccc3ccccc3c2)OC[CH-]C(=O)O1.CC1(c2ccc3ccccc3c2)O[CH-]CC(=O)O1.O=C1C[CH-]OC2(O1)C1CC3CC(C1)CC2C3.O=C1[CH-]COC2(O1)C1CC3CC(C1)CC2C3.O=C1[CH-]COC2(O1)C1CC3CC2CC(O)(C3)C1.[CH3-].[CH3-].[CH3-].[CH3-].[CH3-].[CH3-].[Y].[Y].[Y].[Y].[Y].[Y].